The van der Waals surface area contributed by atoms with Crippen LogP contribution in [-0.2, 0) is 4.79 Å². The minimum absolute atomic E-state index is 0.0255. The molecule has 0 heterocycles. The Hall–Kier alpha value is -0.570. The third-order valence-electron chi connectivity index (χ3n) is 3.00. The summed E-state index contributed by atoms with van der Waals surface area (Å²) in [5.74, 6) is -0.409. The molecule has 3 atom stereocenters. The minimum atomic E-state index is -1.15. The lowest BCUT2D eigenvalue weighted by Crippen LogP contribution is -2.28. The predicted molar refractivity (Wildman–Crippen MR) is 49.4 cm³/mol. The smallest absolute Gasteiger partial charge is 0.332 e. The molecular formula is C10H18O3. The molecule has 0 aromatic rings. The SMILES string of the molecule is CC1CCCC(C(O)C(=O)O)CC1. The first-order valence-corrected chi connectivity index (χ1v) is 5.02. The normalized spacial score (nSPS) is 32.2. The number of hydrogen-bond donors (Lipinski definition) is 2. The zero-order valence-electron chi connectivity index (χ0n) is 8.07. The van der Waals surface area contributed by atoms with E-state index < -0.39 is 12.1 Å². The Bertz CT molecular complexity index is 179. The van der Waals surface area contributed by atoms with Crippen LogP contribution >= 0.6 is 0 Å². The molecule has 1 aliphatic carbocycles. The van der Waals surface area contributed by atoms with Crippen LogP contribution in [0.1, 0.15) is 39.0 Å². The number of rotatable bonds is 2. The molecular weight excluding hydrogens is 168 g/mol. The van der Waals surface area contributed by atoms with Crippen LogP contribution in [0.2, 0.25) is 0 Å². The average molecular weight is 186 g/mol. The second-order valence-electron chi connectivity index (χ2n) is 4.16. The number of aliphatic carboxylic acids is 1. The first-order chi connectivity index (χ1) is 6.11. The number of hydrogen-bond acceptors (Lipinski definition) is 2. The molecule has 0 amide bonds. The Kier molecular flexibility index (Phi) is 3.72. The standard InChI is InChI=1S/C10H18O3/c1-7-3-2-4-8(6-5-7)9(11)10(12)13/h7-9,11H,2-6H2,1H3,(H,12,13). The molecule has 3 nitrogen and oxygen atoms in total. The lowest BCUT2D eigenvalue weighted by atomic mass is 9.93. The summed E-state index contributed by atoms with van der Waals surface area (Å²) in [6.07, 6.45) is 3.84. The summed E-state index contributed by atoms with van der Waals surface area (Å²) in [7, 11) is 0. The van der Waals surface area contributed by atoms with Crippen molar-refractivity contribution in [3.8, 4) is 0 Å². The Labute approximate surface area is 78.8 Å². The summed E-state index contributed by atoms with van der Waals surface area (Å²) in [5.41, 5.74) is 0. The van der Waals surface area contributed by atoms with E-state index in [1.54, 1.807) is 0 Å². The number of aliphatic hydroxyl groups excluding tert-OH is 1. The molecule has 0 radical (unpaired) electrons. The van der Waals surface area contributed by atoms with Gasteiger partial charge in [0.05, 0.1) is 0 Å². The van der Waals surface area contributed by atoms with Crippen molar-refractivity contribution < 1.29 is 15.0 Å². The van der Waals surface area contributed by atoms with Gasteiger partial charge in [0.2, 0.25) is 0 Å². The molecule has 0 spiro atoms. The highest BCUT2D eigenvalue weighted by atomic mass is 16.4. The highest BCUT2D eigenvalue weighted by Crippen LogP contribution is 2.28. The zero-order valence-corrected chi connectivity index (χ0v) is 8.07. The van der Waals surface area contributed by atoms with Crippen LogP contribution in [0, 0.1) is 11.8 Å². The summed E-state index contributed by atoms with van der Waals surface area (Å²) in [5, 5.41) is 18.0. The van der Waals surface area contributed by atoms with Gasteiger partial charge in [-0.15, -0.1) is 0 Å². The summed E-state index contributed by atoms with van der Waals surface area (Å²) < 4.78 is 0. The van der Waals surface area contributed by atoms with Crippen LogP contribution < -0.4 is 0 Å². The molecule has 0 saturated heterocycles. The van der Waals surface area contributed by atoms with E-state index in [1.807, 2.05) is 0 Å². The molecule has 0 aromatic carbocycles. The van der Waals surface area contributed by atoms with Crippen molar-refractivity contribution >= 4 is 5.97 Å². The lowest BCUT2D eigenvalue weighted by molar-refractivity contribution is -0.149. The third kappa shape index (κ3) is 2.99. The maximum Gasteiger partial charge on any atom is 0.332 e. The van der Waals surface area contributed by atoms with Crippen molar-refractivity contribution in [2.45, 2.75) is 45.1 Å². The Morgan fingerprint density at radius 3 is 2.62 bits per heavy atom. The topological polar surface area (TPSA) is 57.5 Å². The van der Waals surface area contributed by atoms with Crippen molar-refractivity contribution in [1.82, 2.24) is 0 Å². The molecule has 1 saturated carbocycles. The molecule has 2 N–H and O–H groups in total. The van der Waals surface area contributed by atoms with Crippen LogP contribution in [0.15, 0.2) is 0 Å². The third-order valence-corrected chi connectivity index (χ3v) is 3.00. The van der Waals surface area contributed by atoms with Gasteiger partial charge in [-0.2, -0.15) is 0 Å². The van der Waals surface area contributed by atoms with Crippen molar-refractivity contribution in [3.05, 3.63) is 0 Å². The van der Waals surface area contributed by atoms with Gasteiger partial charge in [-0.1, -0.05) is 26.2 Å². The first-order valence-electron chi connectivity index (χ1n) is 5.02. The second kappa shape index (κ2) is 4.61. The van der Waals surface area contributed by atoms with Crippen LogP contribution in [0.25, 0.3) is 0 Å². The molecule has 3 unspecified atom stereocenters. The van der Waals surface area contributed by atoms with Crippen LogP contribution in [-0.4, -0.2) is 22.3 Å². The fraction of sp³-hybridized carbons (Fsp3) is 0.900. The molecule has 1 fully saturated rings. The number of carboxylic acids is 1. The Morgan fingerprint density at radius 2 is 2.00 bits per heavy atom. The summed E-state index contributed by atoms with van der Waals surface area (Å²) in [6, 6.07) is 0. The average Bonchev–Trinajstić information content (AvgIpc) is 2.28. The first kappa shape index (κ1) is 10.5. The van der Waals surface area contributed by atoms with Crippen molar-refractivity contribution in [1.29, 1.82) is 0 Å². The molecule has 13 heavy (non-hydrogen) atoms. The number of aliphatic hydroxyl groups is 1. The fourth-order valence-corrected chi connectivity index (χ4v) is 2.03. The van der Waals surface area contributed by atoms with Crippen LogP contribution in [0.5, 0.6) is 0 Å². The van der Waals surface area contributed by atoms with E-state index >= 15 is 0 Å². The van der Waals surface area contributed by atoms with Crippen molar-refractivity contribution in [2.75, 3.05) is 0 Å². The van der Waals surface area contributed by atoms with Gasteiger partial charge < -0.3 is 10.2 Å². The van der Waals surface area contributed by atoms with Crippen molar-refractivity contribution in [3.63, 3.8) is 0 Å². The predicted octanol–water partition coefficient (Wildman–Crippen LogP) is 1.65. The van der Waals surface area contributed by atoms with E-state index in [0.29, 0.717) is 5.92 Å². The molecule has 1 rings (SSSR count). The number of carboxylic acid groups (broad SMARTS) is 1. The minimum Gasteiger partial charge on any atom is -0.479 e. The van der Waals surface area contributed by atoms with E-state index in [1.165, 1.54) is 6.42 Å². The van der Waals surface area contributed by atoms with Gasteiger partial charge in [0.25, 0.3) is 0 Å². The highest BCUT2D eigenvalue weighted by molar-refractivity contribution is 5.72. The molecule has 76 valence electrons. The van der Waals surface area contributed by atoms with Crippen molar-refractivity contribution in [2.24, 2.45) is 11.8 Å². The molecule has 0 aliphatic heterocycles. The Morgan fingerprint density at radius 1 is 1.31 bits per heavy atom. The summed E-state index contributed by atoms with van der Waals surface area (Å²) >= 11 is 0. The molecule has 3 heteroatoms. The maximum absolute atomic E-state index is 10.5. The van der Waals surface area contributed by atoms with Gasteiger partial charge in [0.1, 0.15) is 0 Å². The van der Waals surface area contributed by atoms with E-state index in [2.05, 4.69) is 6.92 Å². The Balaban J connectivity index is 2.46. The maximum atomic E-state index is 10.5. The monoisotopic (exact) mass is 186 g/mol. The molecule has 0 bridgehead atoms. The number of carbonyl (C=O) groups is 1. The second-order valence-corrected chi connectivity index (χ2v) is 4.16. The van der Waals surface area contributed by atoms with E-state index in [9.17, 15) is 9.90 Å². The molecule has 1 aliphatic rings. The summed E-state index contributed by atoms with van der Waals surface area (Å²) in [4.78, 5) is 10.5. The van der Waals surface area contributed by atoms with Gasteiger partial charge in [-0.05, 0) is 24.7 Å². The quantitative estimate of drug-likeness (QED) is 0.645. The largest absolute Gasteiger partial charge is 0.479 e. The summed E-state index contributed by atoms with van der Waals surface area (Å²) in [6.45, 7) is 2.19. The fourth-order valence-electron chi connectivity index (χ4n) is 2.03. The van der Waals surface area contributed by atoms with Gasteiger partial charge in [0, 0.05) is 0 Å². The highest BCUT2D eigenvalue weighted by Gasteiger charge is 2.27. The van der Waals surface area contributed by atoms with Crippen LogP contribution in [0.3, 0.4) is 0 Å². The molecule has 0 aromatic heterocycles. The van der Waals surface area contributed by atoms with E-state index in [0.717, 1.165) is 25.7 Å². The van der Waals surface area contributed by atoms with Gasteiger partial charge in [0.15, 0.2) is 6.10 Å². The van der Waals surface area contributed by atoms with E-state index in [-0.39, 0.29) is 5.92 Å². The van der Waals surface area contributed by atoms with Gasteiger partial charge in [-0.25, -0.2) is 4.79 Å². The van der Waals surface area contributed by atoms with Gasteiger partial charge in [-0.3, -0.25) is 0 Å². The van der Waals surface area contributed by atoms with E-state index in [4.69, 9.17) is 5.11 Å². The lowest BCUT2D eigenvalue weighted by Gasteiger charge is -2.17. The van der Waals surface area contributed by atoms with Gasteiger partial charge >= 0.3 is 5.97 Å². The zero-order chi connectivity index (χ0) is 9.84. The van der Waals surface area contributed by atoms with Crippen LogP contribution in [0.4, 0.5) is 0 Å².